The maximum absolute atomic E-state index is 14.2. The van der Waals surface area contributed by atoms with E-state index in [1.54, 1.807) is 16.4 Å². The molecule has 1 aliphatic rings. The third-order valence-corrected chi connectivity index (χ3v) is 8.87. The van der Waals surface area contributed by atoms with Crippen molar-refractivity contribution >= 4 is 45.2 Å². The van der Waals surface area contributed by atoms with Crippen molar-refractivity contribution in [3.63, 3.8) is 0 Å². The zero-order chi connectivity index (χ0) is 32.6. The smallest absolute Gasteiger partial charge is 0.255 e. The Bertz CT molecular complexity index is 1720. The molecule has 0 fully saturated rings. The van der Waals surface area contributed by atoms with E-state index in [-0.39, 0.29) is 5.91 Å². The van der Waals surface area contributed by atoms with Crippen LogP contribution >= 0.6 is 27.7 Å². The molecule has 0 radical (unpaired) electrons. The average molecular weight is 707 g/mol. The summed E-state index contributed by atoms with van der Waals surface area (Å²) in [4.78, 5) is 19.0. The highest BCUT2D eigenvalue weighted by molar-refractivity contribution is 9.10. The second-order valence-corrected chi connectivity index (χ2v) is 12.8. The summed E-state index contributed by atoms with van der Waals surface area (Å²) in [5.41, 5.74) is 4.77. The van der Waals surface area contributed by atoms with E-state index >= 15 is 0 Å². The van der Waals surface area contributed by atoms with Crippen molar-refractivity contribution in [1.29, 1.82) is 0 Å². The van der Waals surface area contributed by atoms with Gasteiger partial charge in [-0.2, -0.15) is 4.98 Å². The number of carbonyl (C=O) groups excluding carboxylic acids is 1. The van der Waals surface area contributed by atoms with Crippen molar-refractivity contribution in [2.75, 3.05) is 29.6 Å². The summed E-state index contributed by atoms with van der Waals surface area (Å²) < 4.78 is 20.7. The minimum absolute atomic E-state index is 0.280. The first-order valence-electron chi connectivity index (χ1n) is 15.6. The molecule has 0 saturated heterocycles. The van der Waals surface area contributed by atoms with Gasteiger partial charge in [0.1, 0.15) is 18.4 Å². The Balaban J connectivity index is 1.56. The fourth-order valence-corrected chi connectivity index (χ4v) is 6.74. The normalized spacial score (nSPS) is 14.0. The quantitative estimate of drug-likeness (QED) is 0.0995. The number of carbonyl (C=O) groups is 1. The number of ether oxygens (including phenoxy) is 3. The van der Waals surface area contributed by atoms with Gasteiger partial charge in [0.05, 0.1) is 28.9 Å². The minimum atomic E-state index is -0.607. The number of rotatable bonds is 14. The Hall–Kier alpha value is -3.96. The molecule has 5 rings (SSSR count). The van der Waals surface area contributed by atoms with E-state index in [0.29, 0.717) is 69.6 Å². The molecular weight excluding hydrogens is 666 g/mol. The lowest BCUT2D eigenvalue weighted by molar-refractivity contribution is -0.113. The van der Waals surface area contributed by atoms with Crippen molar-refractivity contribution in [3.8, 4) is 17.2 Å². The van der Waals surface area contributed by atoms with Gasteiger partial charge in [0.25, 0.3) is 5.91 Å². The molecule has 2 heterocycles. The Morgan fingerprint density at radius 3 is 2.54 bits per heavy atom. The number of para-hydroxylation sites is 2. The zero-order valence-corrected chi connectivity index (χ0v) is 29.3. The SMILES string of the molecule is CCCCSc1nc2n(n1)C(c1cc(Br)c(OCc3cccc(C)c3)c(OCC)c1)C(C(=O)Nc1ccccc1OCC)=C(C)N2. The third-order valence-electron chi connectivity index (χ3n) is 7.36. The van der Waals surface area contributed by atoms with Crippen LogP contribution in [0, 0.1) is 6.92 Å². The van der Waals surface area contributed by atoms with Gasteiger partial charge in [-0.15, -0.1) is 5.10 Å². The van der Waals surface area contributed by atoms with Crippen molar-refractivity contribution < 1.29 is 19.0 Å². The van der Waals surface area contributed by atoms with Gasteiger partial charge < -0.3 is 24.8 Å². The molecule has 4 aromatic rings. The molecule has 11 heteroatoms. The maximum Gasteiger partial charge on any atom is 0.255 e. The van der Waals surface area contributed by atoms with Crippen LogP contribution in [0.15, 0.2) is 81.6 Å². The fraction of sp³-hybridized carbons (Fsp3) is 0.343. The van der Waals surface area contributed by atoms with E-state index in [1.807, 2.05) is 69.3 Å². The number of hydrogen-bond donors (Lipinski definition) is 2. The van der Waals surface area contributed by atoms with Crippen LogP contribution in [-0.2, 0) is 11.4 Å². The first kappa shape index (κ1) is 33.4. The first-order chi connectivity index (χ1) is 22.3. The molecule has 0 aliphatic carbocycles. The summed E-state index contributed by atoms with van der Waals surface area (Å²) in [6.45, 7) is 11.2. The highest BCUT2D eigenvalue weighted by Crippen LogP contribution is 2.44. The number of anilines is 2. The van der Waals surface area contributed by atoms with E-state index in [0.717, 1.165) is 29.7 Å². The zero-order valence-electron chi connectivity index (χ0n) is 26.9. The Labute approximate surface area is 283 Å². The van der Waals surface area contributed by atoms with E-state index in [4.69, 9.17) is 24.3 Å². The monoisotopic (exact) mass is 705 g/mol. The average Bonchev–Trinajstić information content (AvgIpc) is 3.43. The summed E-state index contributed by atoms with van der Waals surface area (Å²) in [6, 6.07) is 18.9. The molecule has 3 aromatic carbocycles. The summed E-state index contributed by atoms with van der Waals surface area (Å²) in [5.74, 6) is 2.96. The van der Waals surface area contributed by atoms with Gasteiger partial charge in [-0.1, -0.05) is 67.1 Å². The van der Waals surface area contributed by atoms with Crippen LogP contribution in [0.1, 0.15) is 63.3 Å². The van der Waals surface area contributed by atoms with Gasteiger partial charge in [0.15, 0.2) is 11.5 Å². The number of nitrogens with zero attached hydrogens (tertiary/aromatic N) is 3. The van der Waals surface area contributed by atoms with Gasteiger partial charge in [-0.25, -0.2) is 4.68 Å². The molecule has 1 atom stereocenters. The molecule has 46 heavy (non-hydrogen) atoms. The number of hydrogen-bond acceptors (Lipinski definition) is 8. The van der Waals surface area contributed by atoms with Crippen LogP contribution in [0.4, 0.5) is 11.6 Å². The van der Waals surface area contributed by atoms with E-state index in [1.165, 1.54) is 5.56 Å². The van der Waals surface area contributed by atoms with Gasteiger partial charge in [0, 0.05) is 11.4 Å². The van der Waals surface area contributed by atoms with E-state index in [2.05, 4.69) is 52.5 Å². The van der Waals surface area contributed by atoms with Crippen molar-refractivity contribution in [2.45, 2.75) is 65.3 Å². The number of fused-ring (bicyclic) bond motifs is 1. The summed E-state index contributed by atoms with van der Waals surface area (Å²) in [5, 5.41) is 12.0. The summed E-state index contributed by atoms with van der Waals surface area (Å²) in [7, 11) is 0. The summed E-state index contributed by atoms with van der Waals surface area (Å²) >= 11 is 5.37. The number of thioether (sulfide) groups is 1. The van der Waals surface area contributed by atoms with Crippen molar-refractivity contribution in [2.24, 2.45) is 0 Å². The number of unbranched alkanes of at least 4 members (excludes halogenated alkanes) is 1. The van der Waals surface area contributed by atoms with Crippen LogP contribution in [0.25, 0.3) is 0 Å². The van der Waals surface area contributed by atoms with Gasteiger partial charge in [-0.3, -0.25) is 4.79 Å². The number of nitrogens with one attached hydrogen (secondary N) is 2. The second-order valence-electron chi connectivity index (χ2n) is 10.9. The number of allylic oxidation sites excluding steroid dienone is 1. The van der Waals surface area contributed by atoms with Crippen LogP contribution in [0.3, 0.4) is 0 Å². The lowest BCUT2D eigenvalue weighted by atomic mass is 9.94. The number of benzene rings is 3. The lowest BCUT2D eigenvalue weighted by Crippen LogP contribution is -2.31. The third kappa shape index (κ3) is 7.70. The van der Waals surface area contributed by atoms with E-state index < -0.39 is 6.04 Å². The van der Waals surface area contributed by atoms with Crippen molar-refractivity contribution in [3.05, 3.63) is 93.1 Å². The molecular formula is C35H40BrN5O4S. The number of amides is 1. The molecule has 9 nitrogen and oxygen atoms in total. The fourth-order valence-electron chi connectivity index (χ4n) is 5.25. The Morgan fingerprint density at radius 1 is 1.00 bits per heavy atom. The Kier molecular flexibility index (Phi) is 11.3. The van der Waals surface area contributed by atoms with E-state index in [9.17, 15) is 4.79 Å². The predicted molar refractivity (Wildman–Crippen MR) is 187 cm³/mol. The minimum Gasteiger partial charge on any atom is -0.492 e. The van der Waals surface area contributed by atoms with Crippen LogP contribution in [0.2, 0.25) is 0 Å². The standard InChI is InChI=1S/C35H40BrN5O4S/c1-6-9-17-46-35-39-34-37-23(5)30(33(42)38-27-15-10-11-16-28(27)43-7-2)31(41(34)40-35)25-19-26(36)32(29(20-25)44-8-3)45-21-24-14-12-13-22(4)18-24/h10-16,18-20,31H,6-9,17,21H2,1-5H3,(H,38,42)(H,37,39,40). The maximum atomic E-state index is 14.2. The molecule has 1 aromatic heterocycles. The molecule has 0 spiro atoms. The van der Waals surface area contributed by atoms with Crippen molar-refractivity contribution in [1.82, 2.24) is 14.8 Å². The van der Waals surface area contributed by atoms with Gasteiger partial charge in [-0.05, 0) is 85.4 Å². The van der Waals surface area contributed by atoms with Crippen LogP contribution in [0.5, 0.6) is 17.2 Å². The molecule has 0 saturated carbocycles. The molecule has 1 unspecified atom stereocenters. The topological polar surface area (TPSA) is 99.5 Å². The molecule has 1 aliphatic heterocycles. The highest BCUT2D eigenvalue weighted by Gasteiger charge is 2.36. The second kappa shape index (κ2) is 15.6. The van der Waals surface area contributed by atoms with Crippen LogP contribution in [-0.4, -0.2) is 39.6 Å². The van der Waals surface area contributed by atoms with Gasteiger partial charge in [0.2, 0.25) is 11.1 Å². The van der Waals surface area contributed by atoms with Gasteiger partial charge >= 0.3 is 0 Å². The number of aromatic nitrogens is 3. The molecule has 2 N–H and O–H groups in total. The number of halogens is 1. The largest absolute Gasteiger partial charge is 0.492 e. The molecule has 242 valence electrons. The summed E-state index contributed by atoms with van der Waals surface area (Å²) in [6.07, 6.45) is 2.15. The lowest BCUT2D eigenvalue weighted by Gasteiger charge is -2.29. The molecule has 1 amide bonds. The molecule has 0 bridgehead atoms. The predicted octanol–water partition coefficient (Wildman–Crippen LogP) is 8.55. The number of aryl methyl sites for hydroxylation is 1. The Morgan fingerprint density at radius 2 is 1.78 bits per heavy atom. The first-order valence-corrected chi connectivity index (χ1v) is 17.4. The highest BCUT2D eigenvalue weighted by atomic mass is 79.9. The van der Waals surface area contributed by atoms with Crippen LogP contribution < -0.4 is 24.8 Å².